The second-order valence-electron chi connectivity index (χ2n) is 4.21. The molecule has 0 unspecified atom stereocenters. The topological polar surface area (TPSA) is 62.2 Å². The molecule has 0 fully saturated rings. The first kappa shape index (κ1) is 13.4. The van der Waals surface area contributed by atoms with Gasteiger partial charge in [-0.15, -0.1) is 0 Å². The molecule has 0 saturated heterocycles. The lowest BCUT2D eigenvalue weighted by Crippen LogP contribution is -2.26. The summed E-state index contributed by atoms with van der Waals surface area (Å²) in [6, 6.07) is 8.15. The van der Waals surface area contributed by atoms with Gasteiger partial charge in [-0.05, 0) is 24.6 Å². The van der Waals surface area contributed by atoms with Gasteiger partial charge in [0.1, 0.15) is 5.82 Å². The summed E-state index contributed by atoms with van der Waals surface area (Å²) in [6.07, 6.45) is 0.789. The van der Waals surface area contributed by atoms with Crippen LogP contribution in [0, 0.1) is 5.82 Å². The first-order chi connectivity index (χ1) is 9.19. The smallest absolute Gasteiger partial charge is 0.220 e. The minimum absolute atomic E-state index is 0.0702. The summed E-state index contributed by atoms with van der Waals surface area (Å²) >= 11 is 0. The molecule has 1 heterocycles. The zero-order valence-electron chi connectivity index (χ0n) is 10.4. The number of carbonyl (C=O) groups excluding carboxylic acids is 1. The quantitative estimate of drug-likeness (QED) is 0.856. The number of hydrogen-bond donors (Lipinski definition) is 2. The Morgan fingerprint density at radius 2 is 2.11 bits per heavy atom. The van der Waals surface area contributed by atoms with E-state index in [2.05, 4.69) is 10.3 Å². The number of nitrogens with zero attached hydrogens (tertiary/aromatic N) is 1. The minimum atomic E-state index is -0.321. The summed E-state index contributed by atoms with van der Waals surface area (Å²) in [7, 11) is 0. The van der Waals surface area contributed by atoms with Gasteiger partial charge in [0.2, 0.25) is 5.91 Å². The van der Waals surface area contributed by atoms with Gasteiger partial charge in [0, 0.05) is 30.1 Å². The number of rotatable bonds is 5. The number of amides is 1. The molecule has 0 atom stereocenters. The monoisotopic (exact) mass is 262 g/mol. The molecule has 0 aliphatic heterocycles. The van der Waals surface area contributed by atoms with E-state index in [1.165, 1.54) is 12.1 Å². The minimum Gasteiger partial charge on any atom is -0.395 e. The largest absolute Gasteiger partial charge is 0.395 e. The average Bonchev–Trinajstić information content (AvgIpc) is 2.42. The Morgan fingerprint density at radius 3 is 2.89 bits per heavy atom. The number of hydrogen-bond acceptors (Lipinski definition) is 3. The summed E-state index contributed by atoms with van der Waals surface area (Å²) in [5.74, 6) is -0.451. The van der Waals surface area contributed by atoms with Gasteiger partial charge in [-0.3, -0.25) is 9.78 Å². The Labute approximate surface area is 110 Å². The van der Waals surface area contributed by atoms with E-state index in [1.54, 1.807) is 6.07 Å². The lowest BCUT2D eigenvalue weighted by molar-refractivity contribution is -0.121. The van der Waals surface area contributed by atoms with Crippen molar-refractivity contribution in [2.45, 2.75) is 12.8 Å². The first-order valence-corrected chi connectivity index (χ1v) is 6.12. The summed E-state index contributed by atoms with van der Waals surface area (Å²) in [5, 5.41) is 12.0. The zero-order chi connectivity index (χ0) is 13.7. The summed E-state index contributed by atoms with van der Waals surface area (Å²) in [5.41, 5.74) is 1.34. The van der Waals surface area contributed by atoms with Crippen molar-refractivity contribution in [2.24, 2.45) is 0 Å². The number of benzene rings is 1. The molecule has 0 saturated carbocycles. The number of halogens is 1. The Kier molecular flexibility index (Phi) is 4.41. The van der Waals surface area contributed by atoms with Crippen LogP contribution in [-0.2, 0) is 11.2 Å². The van der Waals surface area contributed by atoms with Gasteiger partial charge in [0.25, 0.3) is 0 Å². The SMILES string of the molecule is O=C(CCc1ccc2ccc(F)cc2n1)NCCO. The molecule has 0 radical (unpaired) electrons. The maximum Gasteiger partial charge on any atom is 0.220 e. The van der Waals surface area contributed by atoms with E-state index in [9.17, 15) is 9.18 Å². The molecule has 0 spiro atoms. The molecule has 100 valence electrons. The standard InChI is InChI=1S/C14H15FN2O2/c15-11-3-1-10-2-4-12(17-13(10)9-11)5-6-14(19)16-7-8-18/h1-4,9,18H,5-8H2,(H,16,19). The van der Waals surface area contributed by atoms with Crippen molar-refractivity contribution in [1.29, 1.82) is 0 Å². The van der Waals surface area contributed by atoms with Gasteiger partial charge in [0.05, 0.1) is 12.1 Å². The highest BCUT2D eigenvalue weighted by Gasteiger charge is 2.04. The summed E-state index contributed by atoms with van der Waals surface area (Å²) < 4.78 is 13.1. The summed E-state index contributed by atoms with van der Waals surface area (Å²) in [4.78, 5) is 15.7. The van der Waals surface area contributed by atoms with Crippen LogP contribution < -0.4 is 5.32 Å². The predicted molar refractivity (Wildman–Crippen MR) is 70.1 cm³/mol. The maximum atomic E-state index is 13.1. The number of aromatic nitrogens is 1. The molecule has 2 aromatic rings. The molecule has 0 aliphatic carbocycles. The molecule has 1 amide bonds. The number of fused-ring (bicyclic) bond motifs is 1. The highest BCUT2D eigenvalue weighted by Crippen LogP contribution is 2.14. The third-order valence-corrected chi connectivity index (χ3v) is 2.75. The van der Waals surface area contributed by atoms with Crippen molar-refractivity contribution >= 4 is 16.8 Å². The van der Waals surface area contributed by atoms with Crippen LogP contribution in [0.4, 0.5) is 4.39 Å². The third-order valence-electron chi connectivity index (χ3n) is 2.75. The van der Waals surface area contributed by atoms with Gasteiger partial charge < -0.3 is 10.4 Å². The van der Waals surface area contributed by atoms with Gasteiger partial charge in [0.15, 0.2) is 0 Å². The van der Waals surface area contributed by atoms with Gasteiger partial charge in [-0.1, -0.05) is 6.07 Å². The van der Waals surface area contributed by atoms with Crippen LogP contribution >= 0.6 is 0 Å². The van der Waals surface area contributed by atoms with Gasteiger partial charge >= 0.3 is 0 Å². The van der Waals surface area contributed by atoms with Crippen molar-refractivity contribution in [2.75, 3.05) is 13.2 Å². The molecular formula is C14H15FN2O2. The Bertz CT molecular complexity index is 587. The van der Waals surface area contributed by atoms with Crippen LogP contribution in [0.2, 0.25) is 0 Å². The average molecular weight is 262 g/mol. The van der Waals surface area contributed by atoms with E-state index in [-0.39, 0.29) is 24.9 Å². The molecule has 4 nitrogen and oxygen atoms in total. The third kappa shape index (κ3) is 3.72. The Hall–Kier alpha value is -2.01. The molecule has 0 bridgehead atoms. The molecular weight excluding hydrogens is 247 g/mol. The van der Waals surface area contributed by atoms with Crippen LogP contribution in [0.25, 0.3) is 10.9 Å². The van der Waals surface area contributed by atoms with Crippen LogP contribution in [0.1, 0.15) is 12.1 Å². The predicted octanol–water partition coefficient (Wildman–Crippen LogP) is 1.41. The maximum absolute atomic E-state index is 13.1. The Balaban J connectivity index is 2.03. The lowest BCUT2D eigenvalue weighted by Gasteiger charge is -2.04. The van der Waals surface area contributed by atoms with Crippen LogP contribution in [0.5, 0.6) is 0 Å². The number of pyridine rings is 1. The molecule has 2 N–H and O–H groups in total. The van der Waals surface area contributed by atoms with Crippen molar-refractivity contribution in [1.82, 2.24) is 10.3 Å². The van der Waals surface area contributed by atoms with Gasteiger partial charge in [-0.2, -0.15) is 0 Å². The molecule has 2 rings (SSSR count). The van der Waals surface area contributed by atoms with E-state index in [1.807, 2.05) is 12.1 Å². The fraction of sp³-hybridized carbons (Fsp3) is 0.286. The van der Waals surface area contributed by atoms with Crippen molar-refractivity contribution in [3.05, 3.63) is 41.8 Å². The molecule has 1 aromatic heterocycles. The zero-order valence-corrected chi connectivity index (χ0v) is 10.4. The Morgan fingerprint density at radius 1 is 1.32 bits per heavy atom. The van der Waals surface area contributed by atoms with E-state index >= 15 is 0 Å². The fourth-order valence-corrected chi connectivity index (χ4v) is 1.80. The van der Waals surface area contributed by atoms with E-state index < -0.39 is 0 Å². The van der Waals surface area contributed by atoms with E-state index in [0.717, 1.165) is 11.1 Å². The normalized spacial score (nSPS) is 10.6. The highest BCUT2D eigenvalue weighted by atomic mass is 19.1. The van der Waals surface area contributed by atoms with Crippen molar-refractivity contribution < 1.29 is 14.3 Å². The number of aliphatic hydroxyl groups is 1. The molecule has 19 heavy (non-hydrogen) atoms. The highest BCUT2D eigenvalue weighted by molar-refractivity contribution is 5.79. The molecule has 1 aromatic carbocycles. The van der Waals surface area contributed by atoms with E-state index in [4.69, 9.17) is 5.11 Å². The van der Waals surface area contributed by atoms with Crippen LogP contribution in [0.3, 0.4) is 0 Å². The first-order valence-electron chi connectivity index (χ1n) is 6.12. The van der Waals surface area contributed by atoms with Crippen molar-refractivity contribution in [3.63, 3.8) is 0 Å². The number of aryl methyl sites for hydroxylation is 1. The molecule has 0 aliphatic rings. The second kappa shape index (κ2) is 6.24. The molecule has 5 heteroatoms. The lowest BCUT2D eigenvalue weighted by atomic mass is 10.1. The number of aliphatic hydroxyl groups excluding tert-OH is 1. The summed E-state index contributed by atoms with van der Waals surface area (Å²) in [6.45, 7) is 0.189. The second-order valence-corrected chi connectivity index (χ2v) is 4.21. The fourth-order valence-electron chi connectivity index (χ4n) is 1.80. The van der Waals surface area contributed by atoms with Crippen LogP contribution in [0.15, 0.2) is 30.3 Å². The van der Waals surface area contributed by atoms with E-state index in [0.29, 0.717) is 18.4 Å². The van der Waals surface area contributed by atoms with Crippen LogP contribution in [-0.4, -0.2) is 29.1 Å². The van der Waals surface area contributed by atoms with Gasteiger partial charge in [-0.25, -0.2) is 4.39 Å². The van der Waals surface area contributed by atoms with Crippen molar-refractivity contribution in [3.8, 4) is 0 Å². The number of nitrogens with one attached hydrogen (secondary N) is 1. The number of carbonyl (C=O) groups is 1.